The van der Waals surface area contributed by atoms with Gasteiger partial charge in [0, 0.05) is 31.2 Å². The fourth-order valence-corrected chi connectivity index (χ4v) is 2.80. The number of anilines is 1. The van der Waals surface area contributed by atoms with E-state index in [4.69, 9.17) is 17.3 Å². The minimum Gasteiger partial charge on any atom is -0.355 e. The zero-order valence-electron chi connectivity index (χ0n) is 12.2. The predicted molar refractivity (Wildman–Crippen MR) is 84.3 cm³/mol. The van der Waals surface area contributed by atoms with E-state index >= 15 is 0 Å². The summed E-state index contributed by atoms with van der Waals surface area (Å²) in [4.78, 5) is 2.19. The van der Waals surface area contributed by atoms with Gasteiger partial charge < -0.3 is 10.6 Å². The van der Waals surface area contributed by atoms with E-state index in [0.29, 0.717) is 6.54 Å². The first-order chi connectivity index (χ1) is 9.52. The molecule has 2 rings (SSSR count). The van der Waals surface area contributed by atoms with E-state index in [1.165, 1.54) is 11.1 Å². The molecule has 0 aliphatic carbocycles. The van der Waals surface area contributed by atoms with E-state index in [-0.39, 0.29) is 0 Å². The molecule has 20 heavy (non-hydrogen) atoms. The lowest BCUT2D eigenvalue weighted by Gasteiger charge is -2.21. The topological polar surface area (TPSA) is 47.1 Å². The van der Waals surface area contributed by atoms with E-state index in [1.54, 1.807) is 0 Å². The molecule has 1 aromatic carbocycles. The van der Waals surface area contributed by atoms with Crippen molar-refractivity contribution in [1.29, 1.82) is 0 Å². The van der Waals surface area contributed by atoms with Crippen LogP contribution in [-0.2, 0) is 20.0 Å². The van der Waals surface area contributed by atoms with Crippen molar-refractivity contribution < 1.29 is 0 Å². The summed E-state index contributed by atoms with van der Waals surface area (Å²) in [6.45, 7) is 3.45. The Hall–Kier alpha value is -1.52. The lowest BCUT2D eigenvalue weighted by atomic mass is 10.1. The Bertz CT molecular complexity index is 592. The largest absolute Gasteiger partial charge is 0.355 e. The van der Waals surface area contributed by atoms with Gasteiger partial charge in [-0.25, -0.2) is 0 Å². The Balaban J connectivity index is 2.27. The summed E-state index contributed by atoms with van der Waals surface area (Å²) in [6.07, 6.45) is 0.842. The normalized spacial score (nSPS) is 10.8. The highest BCUT2D eigenvalue weighted by Crippen LogP contribution is 2.24. The Kier molecular flexibility index (Phi) is 4.68. The monoisotopic (exact) mass is 292 g/mol. The van der Waals surface area contributed by atoms with Crippen LogP contribution in [0.2, 0.25) is 5.02 Å². The van der Waals surface area contributed by atoms with Gasteiger partial charge in [0.15, 0.2) is 0 Å². The number of rotatable bonds is 5. The summed E-state index contributed by atoms with van der Waals surface area (Å²) < 4.78 is 1.92. The molecule has 0 saturated carbocycles. The SMILES string of the molecule is Cc1nn(C)c(N(C)Cc2cccc(Cl)c2)c1CCN. The zero-order chi connectivity index (χ0) is 14.7. The molecule has 1 heterocycles. The molecule has 108 valence electrons. The quantitative estimate of drug-likeness (QED) is 0.921. The fourth-order valence-electron chi connectivity index (χ4n) is 2.59. The molecule has 0 bridgehead atoms. The number of halogens is 1. The maximum absolute atomic E-state index is 6.04. The Labute approximate surface area is 125 Å². The average Bonchev–Trinajstić information content (AvgIpc) is 2.65. The summed E-state index contributed by atoms with van der Waals surface area (Å²) in [5, 5.41) is 5.27. The van der Waals surface area contributed by atoms with Gasteiger partial charge in [0.05, 0.1) is 5.69 Å². The number of nitrogens with zero attached hydrogens (tertiary/aromatic N) is 3. The molecule has 0 spiro atoms. The van der Waals surface area contributed by atoms with Gasteiger partial charge in [-0.05, 0) is 37.6 Å². The summed E-state index contributed by atoms with van der Waals surface area (Å²) in [7, 11) is 4.04. The summed E-state index contributed by atoms with van der Waals surface area (Å²) in [5.74, 6) is 1.12. The van der Waals surface area contributed by atoms with Gasteiger partial charge >= 0.3 is 0 Å². The molecule has 0 unspecified atom stereocenters. The van der Waals surface area contributed by atoms with E-state index in [9.17, 15) is 0 Å². The average molecular weight is 293 g/mol. The molecule has 5 heteroatoms. The first-order valence-electron chi connectivity index (χ1n) is 6.71. The summed E-state index contributed by atoms with van der Waals surface area (Å²) >= 11 is 6.04. The summed E-state index contributed by atoms with van der Waals surface area (Å²) in [6, 6.07) is 7.93. The lowest BCUT2D eigenvalue weighted by Crippen LogP contribution is -2.21. The van der Waals surface area contributed by atoms with Crippen LogP contribution in [0.3, 0.4) is 0 Å². The highest BCUT2D eigenvalue weighted by molar-refractivity contribution is 6.30. The number of aromatic nitrogens is 2. The van der Waals surface area contributed by atoms with Gasteiger partial charge in [0.1, 0.15) is 5.82 Å². The van der Waals surface area contributed by atoms with Crippen molar-refractivity contribution in [3.8, 4) is 0 Å². The van der Waals surface area contributed by atoms with Crippen LogP contribution in [0, 0.1) is 6.92 Å². The molecule has 2 aromatic rings. The Morgan fingerprint density at radius 1 is 1.40 bits per heavy atom. The molecule has 0 radical (unpaired) electrons. The molecule has 1 aromatic heterocycles. The van der Waals surface area contributed by atoms with Crippen molar-refractivity contribution in [2.24, 2.45) is 12.8 Å². The van der Waals surface area contributed by atoms with E-state index < -0.39 is 0 Å². The van der Waals surface area contributed by atoms with Crippen LogP contribution < -0.4 is 10.6 Å². The summed E-state index contributed by atoms with van der Waals surface area (Å²) in [5.41, 5.74) is 9.15. The minimum atomic E-state index is 0.630. The second-order valence-electron chi connectivity index (χ2n) is 5.04. The van der Waals surface area contributed by atoms with Crippen LogP contribution in [0.5, 0.6) is 0 Å². The van der Waals surface area contributed by atoms with Crippen LogP contribution in [0.15, 0.2) is 24.3 Å². The van der Waals surface area contributed by atoms with Gasteiger partial charge in [-0.1, -0.05) is 23.7 Å². The van der Waals surface area contributed by atoms with Gasteiger partial charge in [-0.15, -0.1) is 0 Å². The van der Waals surface area contributed by atoms with Crippen molar-refractivity contribution in [2.75, 3.05) is 18.5 Å². The second kappa shape index (κ2) is 6.29. The Morgan fingerprint density at radius 3 is 2.80 bits per heavy atom. The van der Waals surface area contributed by atoms with Gasteiger partial charge in [-0.2, -0.15) is 5.10 Å². The number of hydrogen-bond donors (Lipinski definition) is 1. The molecule has 0 aliphatic rings. The van der Waals surface area contributed by atoms with E-state index in [2.05, 4.69) is 23.1 Å². The van der Waals surface area contributed by atoms with Crippen molar-refractivity contribution >= 4 is 17.4 Å². The first-order valence-corrected chi connectivity index (χ1v) is 7.09. The fraction of sp³-hybridized carbons (Fsp3) is 0.400. The molecular weight excluding hydrogens is 272 g/mol. The van der Waals surface area contributed by atoms with Crippen molar-refractivity contribution in [2.45, 2.75) is 19.9 Å². The zero-order valence-corrected chi connectivity index (χ0v) is 13.0. The molecule has 0 fully saturated rings. The van der Waals surface area contributed by atoms with Gasteiger partial charge in [0.25, 0.3) is 0 Å². The third-order valence-electron chi connectivity index (χ3n) is 3.38. The van der Waals surface area contributed by atoms with Crippen molar-refractivity contribution in [3.63, 3.8) is 0 Å². The van der Waals surface area contributed by atoms with Crippen LogP contribution in [0.1, 0.15) is 16.8 Å². The lowest BCUT2D eigenvalue weighted by molar-refractivity contribution is 0.725. The minimum absolute atomic E-state index is 0.630. The molecule has 0 saturated heterocycles. The maximum atomic E-state index is 6.04. The number of aryl methyl sites for hydroxylation is 2. The van der Waals surface area contributed by atoms with Crippen LogP contribution in [0.25, 0.3) is 0 Å². The van der Waals surface area contributed by atoms with Crippen molar-refractivity contribution in [1.82, 2.24) is 9.78 Å². The first kappa shape index (κ1) is 14.9. The molecular formula is C15H21ClN4. The Morgan fingerprint density at radius 2 is 2.15 bits per heavy atom. The van der Waals surface area contributed by atoms with Crippen LogP contribution in [-0.4, -0.2) is 23.4 Å². The predicted octanol–water partition coefficient (Wildman–Crippen LogP) is 2.52. The number of hydrogen-bond acceptors (Lipinski definition) is 3. The molecule has 0 amide bonds. The molecule has 2 N–H and O–H groups in total. The highest BCUT2D eigenvalue weighted by atomic mass is 35.5. The standard InChI is InChI=1S/C15H21ClN4/c1-11-14(7-8-17)15(20(3)18-11)19(2)10-12-5-4-6-13(16)9-12/h4-6,9H,7-8,10,17H2,1-3H3. The number of benzene rings is 1. The third kappa shape index (κ3) is 3.14. The molecule has 0 aliphatic heterocycles. The smallest absolute Gasteiger partial charge is 0.130 e. The van der Waals surface area contributed by atoms with Gasteiger partial charge in [0.2, 0.25) is 0 Å². The highest BCUT2D eigenvalue weighted by Gasteiger charge is 2.16. The second-order valence-corrected chi connectivity index (χ2v) is 5.47. The third-order valence-corrected chi connectivity index (χ3v) is 3.61. The van der Waals surface area contributed by atoms with E-state index in [0.717, 1.165) is 29.5 Å². The van der Waals surface area contributed by atoms with Crippen molar-refractivity contribution in [3.05, 3.63) is 46.1 Å². The maximum Gasteiger partial charge on any atom is 0.130 e. The number of nitrogens with two attached hydrogens (primary N) is 1. The van der Waals surface area contributed by atoms with E-state index in [1.807, 2.05) is 36.9 Å². The van der Waals surface area contributed by atoms with Gasteiger partial charge in [-0.3, -0.25) is 4.68 Å². The molecule has 4 nitrogen and oxygen atoms in total. The molecule has 0 atom stereocenters. The van der Waals surface area contributed by atoms with Crippen LogP contribution in [0.4, 0.5) is 5.82 Å². The van der Waals surface area contributed by atoms with Crippen LogP contribution >= 0.6 is 11.6 Å².